The Kier molecular flexibility index (Phi) is 6.37. The van der Waals surface area contributed by atoms with Gasteiger partial charge in [0.15, 0.2) is 0 Å². The van der Waals surface area contributed by atoms with Crippen molar-refractivity contribution in [2.75, 3.05) is 20.2 Å². The molecule has 166 valence electrons. The third-order valence-corrected chi connectivity index (χ3v) is 5.29. The van der Waals surface area contributed by atoms with Crippen LogP contribution in [0.4, 0.5) is 0 Å². The van der Waals surface area contributed by atoms with E-state index in [-0.39, 0.29) is 12.5 Å². The Labute approximate surface area is 187 Å². The third kappa shape index (κ3) is 4.73. The number of hydrogen-bond acceptors (Lipinski definition) is 6. The molecule has 2 aromatic heterocycles. The van der Waals surface area contributed by atoms with Crippen LogP contribution in [0.3, 0.4) is 0 Å². The molecule has 2 heterocycles. The number of rotatable bonds is 8. The molecule has 32 heavy (non-hydrogen) atoms. The largest absolute Gasteiger partial charge is 0.465 e. The van der Waals surface area contributed by atoms with E-state index in [0.29, 0.717) is 30.9 Å². The first-order valence-electron chi connectivity index (χ1n) is 10.8. The summed E-state index contributed by atoms with van der Waals surface area (Å²) in [7, 11) is 1.89. The summed E-state index contributed by atoms with van der Waals surface area (Å²) in [5.74, 6) is 0.799. The van der Waals surface area contributed by atoms with Crippen LogP contribution in [0.1, 0.15) is 32.4 Å². The minimum atomic E-state index is -0.227. The Balaban J connectivity index is 1.52. The summed E-state index contributed by atoms with van der Waals surface area (Å²) in [5.41, 5.74) is 4.00. The van der Waals surface area contributed by atoms with Crippen LogP contribution in [0.5, 0.6) is 0 Å². The van der Waals surface area contributed by atoms with Gasteiger partial charge in [-0.2, -0.15) is 4.98 Å². The fraction of sp³-hybridized carbons (Fsp3) is 0.320. The molecule has 2 aromatic carbocycles. The quantitative estimate of drug-likeness (QED) is 0.368. The second kappa shape index (κ2) is 9.36. The highest BCUT2D eigenvalue weighted by atomic mass is 16.5. The van der Waals surface area contributed by atoms with Crippen LogP contribution in [0.2, 0.25) is 0 Å². The standard InChI is InChI=1S/C25H28N4O3/c1-5-31-23(30)16-28(4)15-18-7-6-8-20(13-18)24-26-25(32-27-24)21-9-10-22-19(14-21)11-12-29(22)17(2)3/h6-14,17H,5,15-16H2,1-4H3. The summed E-state index contributed by atoms with van der Waals surface area (Å²) in [5, 5.41) is 5.33. The number of benzene rings is 2. The predicted octanol–water partition coefficient (Wildman–Crippen LogP) is 4.93. The number of carbonyl (C=O) groups is 1. The average Bonchev–Trinajstić information content (AvgIpc) is 3.41. The van der Waals surface area contributed by atoms with Gasteiger partial charge in [-0.3, -0.25) is 9.69 Å². The van der Waals surface area contributed by atoms with Crippen LogP contribution < -0.4 is 0 Å². The molecule has 4 aromatic rings. The first kappa shape index (κ1) is 21.8. The smallest absolute Gasteiger partial charge is 0.320 e. The van der Waals surface area contributed by atoms with Crippen molar-refractivity contribution in [1.29, 1.82) is 0 Å². The van der Waals surface area contributed by atoms with Gasteiger partial charge >= 0.3 is 5.97 Å². The Hall–Kier alpha value is -3.45. The van der Waals surface area contributed by atoms with Gasteiger partial charge in [-0.1, -0.05) is 23.4 Å². The molecule has 0 amide bonds. The van der Waals surface area contributed by atoms with E-state index in [1.165, 1.54) is 5.52 Å². The summed E-state index contributed by atoms with van der Waals surface area (Å²) < 4.78 is 12.8. The highest BCUT2D eigenvalue weighted by Gasteiger charge is 2.14. The lowest BCUT2D eigenvalue weighted by Crippen LogP contribution is -2.27. The topological polar surface area (TPSA) is 73.4 Å². The zero-order valence-electron chi connectivity index (χ0n) is 18.9. The molecular weight excluding hydrogens is 404 g/mol. The Bertz CT molecular complexity index is 1220. The van der Waals surface area contributed by atoms with Crippen molar-refractivity contribution in [3.05, 3.63) is 60.3 Å². The van der Waals surface area contributed by atoms with E-state index in [4.69, 9.17) is 9.26 Å². The van der Waals surface area contributed by atoms with Crippen molar-refractivity contribution in [1.82, 2.24) is 19.6 Å². The predicted molar refractivity (Wildman–Crippen MR) is 124 cm³/mol. The molecule has 0 aliphatic rings. The molecule has 0 saturated heterocycles. The van der Waals surface area contributed by atoms with Crippen LogP contribution in [0.15, 0.2) is 59.3 Å². The molecule has 0 fully saturated rings. The SMILES string of the molecule is CCOC(=O)CN(C)Cc1cccc(-c2noc(-c3ccc4c(ccn4C(C)C)c3)n2)c1. The zero-order valence-corrected chi connectivity index (χ0v) is 18.9. The van der Waals surface area contributed by atoms with Crippen molar-refractivity contribution in [2.45, 2.75) is 33.4 Å². The molecule has 0 bridgehead atoms. The molecule has 7 heteroatoms. The Morgan fingerprint density at radius 3 is 2.78 bits per heavy atom. The minimum absolute atomic E-state index is 0.227. The maximum absolute atomic E-state index is 11.7. The van der Waals surface area contributed by atoms with Crippen molar-refractivity contribution in [2.24, 2.45) is 0 Å². The maximum atomic E-state index is 11.7. The van der Waals surface area contributed by atoms with Gasteiger partial charge in [-0.25, -0.2) is 0 Å². The Morgan fingerprint density at radius 1 is 1.16 bits per heavy atom. The molecule has 4 rings (SSSR count). The van der Waals surface area contributed by atoms with Gasteiger partial charge in [0.25, 0.3) is 5.89 Å². The molecule has 0 radical (unpaired) electrons. The number of aromatic nitrogens is 3. The summed E-state index contributed by atoms with van der Waals surface area (Å²) in [4.78, 5) is 18.2. The lowest BCUT2D eigenvalue weighted by Gasteiger charge is -2.15. The van der Waals surface area contributed by atoms with Crippen molar-refractivity contribution in [3.63, 3.8) is 0 Å². The van der Waals surface area contributed by atoms with Crippen LogP contribution in [0.25, 0.3) is 33.7 Å². The number of carbonyl (C=O) groups excluding carboxylic acids is 1. The molecule has 0 unspecified atom stereocenters. The van der Waals surface area contributed by atoms with E-state index in [1.807, 2.05) is 42.3 Å². The summed E-state index contributed by atoms with van der Waals surface area (Å²) in [6.45, 7) is 7.38. The van der Waals surface area contributed by atoms with Gasteiger partial charge in [-0.15, -0.1) is 0 Å². The van der Waals surface area contributed by atoms with Crippen LogP contribution >= 0.6 is 0 Å². The number of esters is 1. The second-order valence-electron chi connectivity index (χ2n) is 8.19. The summed E-state index contributed by atoms with van der Waals surface area (Å²) in [6.07, 6.45) is 2.10. The number of nitrogens with zero attached hydrogens (tertiary/aromatic N) is 4. The van der Waals surface area contributed by atoms with Crippen LogP contribution in [-0.2, 0) is 16.1 Å². The van der Waals surface area contributed by atoms with E-state index in [0.717, 1.165) is 22.1 Å². The Morgan fingerprint density at radius 2 is 2.00 bits per heavy atom. The maximum Gasteiger partial charge on any atom is 0.320 e. The summed E-state index contributed by atoms with van der Waals surface area (Å²) >= 11 is 0. The van der Waals surface area contributed by atoms with E-state index in [9.17, 15) is 4.79 Å². The van der Waals surface area contributed by atoms with E-state index in [2.05, 4.69) is 53.0 Å². The van der Waals surface area contributed by atoms with Gasteiger partial charge in [0.05, 0.1) is 13.2 Å². The average molecular weight is 433 g/mol. The normalized spacial score (nSPS) is 11.6. The number of likely N-dealkylation sites (N-methyl/N-ethyl adjacent to an activating group) is 1. The van der Waals surface area contributed by atoms with Crippen molar-refractivity contribution in [3.8, 4) is 22.8 Å². The molecule has 0 saturated carbocycles. The van der Waals surface area contributed by atoms with Crippen molar-refractivity contribution < 1.29 is 14.1 Å². The first-order chi connectivity index (χ1) is 15.4. The molecular formula is C25H28N4O3. The van der Waals surface area contributed by atoms with Gasteiger partial charge in [0, 0.05) is 40.8 Å². The molecule has 0 aliphatic heterocycles. The monoisotopic (exact) mass is 432 g/mol. The zero-order chi connectivity index (χ0) is 22.7. The fourth-order valence-corrected chi connectivity index (χ4v) is 3.81. The van der Waals surface area contributed by atoms with Gasteiger partial charge < -0.3 is 13.8 Å². The fourth-order valence-electron chi connectivity index (χ4n) is 3.81. The molecule has 0 atom stereocenters. The van der Waals surface area contributed by atoms with Gasteiger partial charge in [0.2, 0.25) is 5.82 Å². The van der Waals surface area contributed by atoms with E-state index in [1.54, 1.807) is 6.92 Å². The second-order valence-corrected chi connectivity index (χ2v) is 8.19. The molecule has 0 aliphatic carbocycles. The summed E-state index contributed by atoms with van der Waals surface area (Å²) in [6, 6.07) is 16.6. The number of hydrogen-bond donors (Lipinski definition) is 0. The highest BCUT2D eigenvalue weighted by molar-refractivity contribution is 5.84. The first-order valence-corrected chi connectivity index (χ1v) is 10.8. The van der Waals surface area contributed by atoms with Gasteiger partial charge in [-0.05, 0) is 63.7 Å². The van der Waals surface area contributed by atoms with E-state index >= 15 is 0 Å². The molecule has 0 N–H and O–H groups in total. The van der Waals surface area contributed by atoms with Crippen molar-refractivity contribution >= 4 is 16.9 Å². The highest BCUT2D eigenvalue weighted by Crippen LogP contribution is 2.28. The van der Waals surface area contributed by atoms with E-state index < -0.39 is 0 Å². The van der Waals surface area contributed by atoms with Crippen LogP contribution in [-0.4, -0.2) is 45.8 Å². The van der Waals surface area contributed by atoms with Crippen LogP contribution in [0, 0.1) is 0 Å². The molecule has 0 spiro atoms. The minimum Gasteiger partial charge on any atom is -0.465 e. The number of ether oxygens (including phenoxy) is 1. The lowest BCUT2D eigenvalue weighted by atomic mass is 10.1. The lowest BCUT2D eigenvalue weighted by molar-refractivity contribution is -0.144. The number of fused-ring (bicyclic) bond motifs is 1. The molecule has 7 nitrogen and oxygen atoms in total. The van der Waals surface area contributed by atoms with Gasteiger partial charge in [0.1, 0.15) is 0 Å². The third-order valence-electron chi connectivity index (χ3n) is 5.29.